The average Bonchev–Trinajstić information content (AvgIpc) is 2.68. The van der Waals surface area contributed by atoms with E-state index in [-0.39, 0.29) is 5.91 Å². The van der Waals surface area contributed by atoms with Crippen LogP contribution in [0.2, 0.25) is 0 Å². The maximum Gasteiger partial charge on any atom is 0.225 e. The molecule has 132 valence electrons. The van der Waals surface area contributed by atoms with Crippen LogP contribution in [0.3, 0.4) is 0 Å². The number of piperazine rings is 1. The molecular formula is C19H24N4O2. The molecule has 6 heteroatoms. The minimum atomic E-state index is 0.194. The van der Waals surface area contributed by atoms with Crippen LogP contribution in [0.1, 0.15) is 18.9 Å². The Bertz CT molecular complexity index is 685. The van der Waals surface area contributed by atoms with Crippen molar-refractivity contribution in [2.24, 2.45) is 0 Å². The van der Waals surface area contributed by atoms with E-state index in [0.29, 0.717) is 32.5 Å². The van der Waals surface area contributed by atoms with Gasteiger partial charge in [0.05, 0.1) is 6.61 Å². The van der Waals surface area contributed by atoms with Gasteiger partial charge in [-0.2, -0.15) is 0 Å². The van der Waals surface area contributed by atoms with Crippen LogP contribution in [0.5, 0.6) is 5.75 Å². The van der Waals surface area contributed by atoms with Gasteiger partial charge in [-0.25, -0.2) is 9.97 Å². The SMILES string of the molecule is CCOc1ccccc1CCC(=O)N1CCN(c2ncccn2)CC1. The fraction of sp³-hybridized carbons (Fsp3) is 0.421. The zero-order valence-corrected chi connectivity index (χ0v) is 14.6. The van der Waals surface area contributed by atoms with Crippen LogP contribution in [0.25, 0.3) is 0 Å². The van der Waals surface area contributed by atoms with Crippen molar-refractivity contribution in [1.82, 2.24) is 14.9 Å². The Balaban J connectivity index is 1.50. The second kappa shape index (κ2) is 8.46. The zero-order valence-electron chi connectivity index (χ0n) is 14.6. The number of aromatic nitrogens is 2. The normalized spacial score (nSPS) is 14.4. The van der Waals surface area contributed by atoms with Gasteiger partial charge in [-0.3, -0.25) is 4.79 Å². The molecule has 0 atom stereocenters. The number of hydrogen-bond donors (Lipinski definition) is 0. The van der Waals surface area contributed by atoms with Crippen molar-refractivity contribution in [2.75, 3.05) is 37.7 Å². The minimum Gasteiger partial charge on any atom is -0.494 e. The molecule has 0 unspecified atom stereocenters. The van der Waals surface area contributed by atoms with Gasteiger partial charge in [0.2, 0.25) is 11.9 Å². The molecule has 1 aromatic carbocycles. The number of anilines is 1. The van der Waals surface area contributed by atoms with Crippen LogP contribution < -0.4 is 9.64 Å². The van der Waals surface area contributed by atoms with E-state index >= 15 is 0 Å². The Kier molecular flexibility index (Phi) is 5.82. The molecule has 1 aliphatic rings. The van der Waals surface area contributed by atoms with Gasteiger partial charge in [0.25, 0.3) is 0 Å². The Morgan fingerprint density at radius 1 is 1.08 bits per heavy atom. The van der Waals surface area contributed by atoms with Gasteiger partial charge in [0, 0.05) is 45.0 Å². The quantitative estimate of drug-likeness (QED) is 0.806. The molecule has 0 saturated carbocycles. The summed E-state index contributed by atoms with van der Waals surface area (Å²) in [5.41, 5.74) is 1.09. The Hall–Kier alpha value is -2.63. The lowest BCUT2D eigenvalue weighted by Crippen LogP contribution is -2.49. The number of nitrogens with zero attached hydrogens (tertiary/aromatic N) is 4. The zero-order chi connectivity index (χ0) is 17.5. The summed E-state index contributed by atoms with van der Waals surface area (Å²) in [6.07, 6.45) is 4.70. The van der Waals surface area contributed by atoms with E-state index < -0.39 is 0 Å². The van der Waals surface area contributed by atoms with Crippen molar-refractivity contribution in [3.05, 3.63) is 48.3 Å². The first-order chi connectivity index (χ1) is 12.3. The van der Waals surface area contributed by atoms with E-state index in [9.17, 15) is 4.79 Å². The third-order valence-electron chi connectivity index (χ3n) is 4.35. The van der Waals surface area contributed by atoms with E-state index in [1.807, 2.05) is 42.2 Å². The monoisotopic (exact) mass is 340 g/mol. The van der Waals surface area contributed by atoms with Gasteiger partial charge in [-0.15, -0.1) is 0 Å². The van der Waals surface area contributed by atoms with Crippen LogP contribution in [-0.4, -0.2) is 53.6 Å². The molecule has 1 aromatic heterocycles. The summed E-state index contributed by atoms with van der Waals surface area (Å²) in [5, 5.41) is 0. The van der Waals surface area contributed by atoms with Crippen molar-refractivity contribution in [1.29, 1.82) is 0 Å². The largest absolute Gasteiger partial charge is 0.494 e. The van der Waals surface area contributed by atoms with E-state index in [1.54, 1.807) is 12.4 Å². The van der Waals surface area contributed by atoms with Gasteiger partial charge in [0.1, 0.15) is 5.75 Å². The molecule has 0 N–H and O–H groups in total. The van der Waals surface area contributed by atoms with Crippen molar-refractivity contribution >= 4 is 11.9 Å². The lowest BCUT2D eigenvalue weighted by atomic mass is 10.1. The average molecular weight is 340 g/mol. The summed E-state index contributed by atoms with van der Waals surface area (Å²) in [4.78, 5) is 25.1. The minimum absolute atomic E-state index is 0.194. The van der Waals surface area contributed by atoms with Gasteiger partial charge in [-0.1, -0.05) is 18.2 Å². The van der Waals surface area contributed by atoms with E-state index in [2.05, 4.69) is 14.9 Å². The first kappa shape index (κ1) is 17.2. The Labute approximate surface area is 148 Å². The number of hydrogen-bond acceptors (Lipinski definition) is 5. The number of carbonyl (C=O) groups excluding carboxylic acids is 1. The number of carbonyl (C=O) groups is 1. The highest BCUT2D eigenvalue weighted by Crippen LogP contribution is 2.20. The highest BCUT2D eigenvalue weighted by atomic mass is 16.5. The molecule has 1 saturated heterocycles. The summed E-state index contributed by atoms with van der Waals surface area (Å²) >= 11 is 0. The fourth-order valence-corrected chi connectivity index (χ4v) is 3.02. The van der Waals surface area contributed by atoms with Crippen LogP contribution in [0.4, 0.5) is 5.95 Å². The molecule has 0 spiro atoms. The molecule has 0 aliphatic carbocycles. The molecule has 1 amide bonds. The number of aryl methyl sites for hydroxylation is 1. The molecule has 3 rings (SSSR count). The van der Waals surface area contributed by atoms with Gasteiger partial charge in [-0.05, 0) is 31.0 Å². The Morgan fingerprint density at radius 3 is 2.52 bits per heavy atom. The van der Waals surface area contributed by atoms with E-state index in [0.717, 1.165) is 30.4 Å². The maximum absolute atomic E-state index is 12.5. The molecular weight excluding hydrogens is 316 g/mol. The third-order valence-corrected chi connectivity index (χ3v) is 4.35. The van der Waals surface area contributed by atoms with E-state index in [1.165, 1.54) is 0 Å². The van der Waals surface area contributed by atoms with Crippen molar-refractivity contribution in [2.45, 2.75) is 19.8 Å². The van der Waals surface area contributed by atoms with Crippen LogP contribution in [0, 0.1) is 0 Å². The smallest absolute Gasteiger partial charge is 0.225 e. The topological polar surface area (TPSA) is 58.6 Å². The predicted octanol–water partition coefficient (Wildman–Crippen LogP) is 2.16. The number of amides is 1. The highest BCUT2D eigenvalue weighted by Gasteiger charge is 2.22. The van der Waals surface area contributed by atoms with Crippen LogP contribution in [-0.2, 0) is 11.2 Å². The molecule has 2 heterocycles. The van der Waals surface area contributed by atoms with Crippen molar-refractivity contribution in [3.63, 3.8) is 0 Å². The Morgan fingerprint density at radius 2 is 1.80 bits per heavy atom. The molecule has 0 radical (unpaired) electrons. The summed E-state index contributed by atoms with van der Waals surface area (Å²) in [7, 11) is 0. The van der Waals surface area contributed by atoms with Crippen LogP contribution >= 0.6 is 0 Å². The lowest BCUT2D eigenvalue weighted by Gasteiger charge is -2.34. The third kappa shape index (κ3) is 4.47. The van der Waals surface area contributed by atoms with Crippen molar-refractivity contribution < 1.29 is 9.53 Å². The van der Waals surface area contributed by atoms with Crippen LogP contribution in [0.15, 0.2) is 42.7 Å². The molecule has 25 heavy (non-hydrogen) atoms. The molecule has 1 aliphatic heterocycles. The molecule has 6 nitrogen and oxygen atoms in total. The number of ether oxygens (including phenoxy) is 1. The van der Waals surface area contributed by atoms with E-state index in [4.69, 9.17) is 4.74 Å². The maximum atomic E-state index is 12.5. The van der Waals surface area contributed by atoms with Gasteiger partial charge >= 0.3 is 0 Å². The molecule has 2 aromatic rings. The summed E-state index contributed by atoms with van der Waals surface area (Å²) in [5.74, 6) is 1.81. The number of para-hydroxylation sites is 1. The standard InChI is InChI=1S/C19H24N4O2/c1-2-25-17-7-4-3-6-16(17)8-9-18(24)22-12-14-23(15-13-22)19-20-10-5-11-21-19/h3-7,10-11H,2,8-9,12-15H2,1H3. The second-order valence-electron chi connectivity index (χ2n) is 5.96. The number of benzene rings is 1. The molecule has 1 fully saturated rings. The fourth-order valence-electron chi connectivity index (χ4n) is 3.02. The number of rotatable bonds is 6. The first-order valence-electron chi connectivity index (χ1n) is 8.78. The molecule has 0 bridgehead atoms. The lowest BCUT2D eigenvalue weighted by molar-refractivity contribution is -0.131. The van der Waals surface area contributed by atoms with Gasteiger partial charge < -0.3 is 14.5 Å². The first-order valence-corrected chi connectivity index (χ1v) is 8.78. The predicted molar refractivity (Wildman–Crippen MR) is 96.8 cm³/mol. The second-order valence-corrected chi connectivity index (χ2v) is 5.96. The van der Waals surface area contributed by atoms with Gasteiger partial charge in [0.15, 0.2) is 0 Å². The van der Waals surface area contributed by atoms with Crippen molar-refractivity contribution in [3.8, 4) is 5.75 Å². The summed E-state index contributed by atoms with van der Waals surface area (Å²) in [6, 6.07) is 9.75. The summed E-state index contributed by atoms with van der Waals surface area (Å²) < 4.78 is 5.63. The highest BCUT2D eigenvalue weighted by molar-refractivity contribution is 5.76. The summed E-state index contributed by atoms with van der Waals surface area (Å²) in [6.45, 7) is 5.57.